The molecule has 1 atom stereocenters. The van der Waals surface area contributed by atoms with Crippen LogP contribution >= 0.6 is 11.3 Å². The molecule has 0 aliphatic carbocycles. The Hall–Kier alpha value is -2.47. The molecule has 2 aromatic heterocycles. The molecular formula is C20H21N3O2S. The first kappa shape index (κ1) is 17.0. The maximum absolute atomic E-state index is 12.4. The molecule has 1 saturated heterocycles. The molecule has 6 heteroatoms. The summed E-state index contributed by atoms with van der Waals surface area (Å²) in [4.78, 5) is 19.7. The second kappa shape index (κ2) is 7.03. The molecular weight excluding hydrogens is 346 g/mol. The Morgan fingerprint density at radius 3 is 2.77 bits per heavy atom. The Labute approximate surface area is 156 Å². The van der Waals surface area contributed by atoms with Gasteiger partial charge in [0.1, 0.15) is 0 Å². The maximum atomic E-state index is 12.4. The number of amides is 1. The average Bonchev–Trinajstić information content (AvgIpc) is 3.36. The summed E-state index contributed by atoms with van der Waals surface area (Å²) in [7, 11) is 0. The van der Waals surface area contributed by atoms with Crippen LogP contribution in [-0.4, -0.2) is 27.5 Å². The first-order chi connectivity index (χ1) is 12.6. The van der Waals surface area contributed by atoms with Crippen molar-refractivity contribution in [2.24, 2.45) is 0 Å². The fraction of sp³-hybridized carbons (Fsp3) is 0.350. The van der Waals surface area contributed by atoms with Gasteiger partial charge in [0, 0.05) is 25.4 Å². The molecule has 0 saturated carbocycles. The van der Waals surface area contributed by atoms with Gasteiger partial charge in [0.2, 0.25) is 5.91 Å². The molecule has 3 aromatic rings. The number of nitrogens with zero attached hydrogens (tertiary/aromatic N) is 3. The lowest BCUT2D eigenvalue weighted by atomic mass is 10.0. The number of thiophene rings is 1. The van der Waals surface area contributed by atoms with Gasteiger partial charge in [-0.25, -0.2) is 0 Å². The van der Waals surface area contributed by atoms with Crippen LogP contribution in [0.15, 0.2) is 46.3 Å². The minimum Gasteiger partial charge on any atom is -0.338 e. The second-order valence-corrected chi connectivity index (χ2v) is 7.95. The third-order valence-electron chi connectivity index (χ3n) is 4.77. The van der Waals surface area contributed by atoms with Crippen LogP contribution < -0.4 is 0 Å². The number of likely N-dealkylation sites (tertiary alicyclic amines) is 1. The van der Waals surface area contributed by atoms with E-state index in [2.05, 4.69) is 48.3 Å². The molecule has 26 heavy (non-hydrogen) atoms. The van der Waals surface area contributed by atoms with Crippen molar-refractivity contribution in [2.75, 3.05) is 6.54 Å². The van der Waals surface area contributed by atoms with E-state index < -0.39 is 0 Å². The van der Waals surface area contributed by atoms with Crippen molar-refractivity contribution in [2.45, 2.75) is 38.6 Å². The molecule has 1 fully saturated rings. The minimum absolute atomic E-state index is 0.00472. The van der Waals surface area contributed by atoms with Crippen molar-refractivity contribution in [1.82, 2.24) is 15.0 Å². The van der Waals surface area contributed by atoms with Crippen LogP contribution in [0.25, 0.3) is 10.8 Å². The molecule has 0 spiro atoms. The topological polar surface area (TPSA) is 59.2 Å². The van der Waals surface area contributed by atoms with E-state index in [1.54, 1.807) is 11.3 Å². The third-order valence-corrected chi connectivity index (χ3v) is 5.63. The van der Waals surface area contributed by atoms with Crippen LogP contribution in [0.2, 0.25) is 0 Å². The zero-order valence-corrected chi connectivity index (χ0v) is 15.7. The van der Waals surface area contributed by atoms with E-state index in [4.69, 9.17) is 4.52 Å². The summed E-state index contributed by atoms with van der Waals surface area (Å²) in [5.74, 6) is 1.81. The molecule has 1 amide bonds. The van der Waals surface area contributed by atoms with Crippen LogP contribution in [0.5, 0.6) is 0 Å². The summed E-state index contributed by atoms with van der Waals surface area (Å²) >= 11 is 1.56. The standard InChI is InChI=1S/C20H21N3O2S/c1-13(2)15-7-5-14(6-8-15)11-23-12-16(10-18(23)24)19-21-20(25-22-19)17-4-3-9-26-17/h3-9,13,16H,10-12H2,1-2H3. The minimum atomic E-state index is -0.00472. The fourth-order valence-corrected chi connectivity index (χ4v) is 3.87. The monoisotopic (exact) mass is 367 g/mol. The predicted molar refractivity (Wildman–Crippen MR) is 101 cm³/mol. The number of benzene rings is 1. The van der Waals surface area contributed by atoms with Crippen LogP contribution in [-0.2, 0) is 11.3 Å². The summed E-state index contributed by atoms with van der Waals surface area (Å²) in [6, 6.07) is 12.4. The van der Waals surface area contributed by atoms with Crippen molar-refractivity contribution in [3.63, 3.8) is 0 Å². The van der Waals surface area contributed by atoms with Gasteiger partial charge in [0.15, 0.2) is 5.82 Å². The van der Waals surface area contributed by atoms with Crippen LogP contribution in [0.4, 0.5) is 0 Å². The summed E-state index contributed by atoms with van der Waals surface area (Å²) in [6.45, 7) is 5.62. The lowest BCUT2D eigenvalue weighted by Gasteiger charge is -2.16. The van der Waals surface area contributed by atoms with E-state index in [0.717, 1.165) is 10.4 Å². The number of carbonyl (C=O) groups excluding carboxylic acids is 1. The van der Waals surface area contributed by atoms with Crippen molar-refractivity contribution in [1.29, 1.82) is 0 Å². The van der Waals surface area contributed by atoms with Crippen molar-refractivity contribution >= 4 is 17.2 Å². The van der Waals surface area contributed by atoms with Gasteiger partial charge in [-0.1, -0.05) is 49.3 Å². The number of carbonyl (C=O) groups is 1. The van der Waals surface area contributed by atoms with Gasteiger partial charge in [-0.2, -0.15) is 4.98 Å². The highest BCUT2D eigenvalue weighted by Crippen LogP contribution is 2.30. The van der Waals surface area contributed by atoms with Gasteiger partial charge in [0.25, 0.3) is 5.89 Å². The number of hydrogen-bond donors (Lipinski definition) is 0. The van der Waals surface area contributed by atoms with Crippen LogP contribution in [0, 0.1) is 0 Å². The van der Waals surface area contributed by atoms with E-state index in [1.165, 1.54) is 5.56 Å². The maximum Gasteiger partial charge on any atom is 0.267 e. The van der Waals surface area contributed by atoms with Crippen LogP contribution in [0.1, 0.15) is 49.1 Å². The molecule has 0 N–H and O–H groups in total. The van der Waals surface area contributed by atoms with Gasteiger partial charge in [-0.3, -0.25) is 4.79 Å². The predicted octanol–water partition coefficient (Wildman–Crippen LogP) is 4.44. The Morgan fingerprint density at radius 2 is 2.08 bits per heavy atom. The molecule has 1 aliphatic rings. The lowest BCUT2D eigenvalue weighted by molar-refractivity contribution is -0.128. The Balaban J connectivity index is 1.43. The van der Waals surface area contributed by atoms with E-state index in [-0.39, 0.29) is 11.8 Å². The summed E-state index contributed by atoms with van der Waals surface area (Å²) < 4.78 is 5.37. The number of hydrogen-bond acceptors (Lipinski definition) is 5. The zero-order valence-electron chi connectivity index (χ0n) is 14.9. The number of rotatable bonds is 5. The highest BCUT2D eigenvalue weighted by molar-refractivity contribution is 7.13. The first-order valence-electron chi connectivity index (χ1n) is 8.84. The summed E-state index contributed by atoms with van der Waals surface area (Å²) in [6.07, 6.45) is 0.438. The molecule has 0 radical (unpaired) electrons. The van der Waals surface area contributed by atoms with E-state index >= 15 is 0 Å². The molecule has 1 unspecified atom stereocenters. The second-order valence-electron chi connectivity index (χ2n) is 7.01. The van der Waals surface area contributed by atoms with Crippen molar-refractivity contribution in [3.05, 3.63) is 58.7 Å². The zero-order chi connectivity index (χ0) is 18.1. The molecule has 0 bridgehead atoms. The average molecular weight is 367 g/mol. The van der Waals surface area contributed by atoms with Crippen molar-refractivity contribution < 1.29 is 9.32 Å². The normalized spacial score (nSPS) is 17.4. The molecule has 3 heterocycles. The molecule has 5 nitrogen and oxygen atoms in total. The van der Waals surface area contributed by atoms with E-state index in [9.17, 15) is 4.79 Å². The highest BCUT2D eigenvalue weighted by Gasteiger charge is 2.33. The van der Waals surface area contributed by atoms with E-state index in [1.807, 2.05) is 22.4 Å². The Morgan fingerprint density at radius 1 is 1.27 bits per heavy atom. The van der Waals surface area contributed by atoms with Gasteiger partial charge in [-0.05, 0) is 28.5 Å². The number of aromatic nitrogens is 2. The lowest BCUT2D eigenvalue weighted by Crippen LogP contribution is -2.24. The quantitative estimate of drug-likeness (QED) is 0.669. The highest BCUT2D eigenvalue weighted by atomic mass is 32.1. The SMILES string of the molecule is CC(C)c1ccc(CN2CC(c3noc(-c4cccs4)n3)CC2=O)cc1. The smallest absolute Gasteiger partial charge is 0.267 e. The largest absolute Gasteiger partial charge is 0.338 e. The van der Waals surface area contributed by atoms with Gasteiger partial charge >= 0.3 is 0 Å². The molecule has 1 aromatic carbocycles. The third kappa shape index (κ3) is 3.42. The molecule has 4 rings (SSSR count). The summed E-state index contributed by atoms with van der Waals surface area (Å²) in [5, 5.41) is 6.08. The first-order valence-corrected chi connectivity index (χ1v) is 9.72. The van der Waals surface area contributed by atoms with Gasteiger partial charge in [0.05, 0.1) is 4.88 Å². The Kier molecular flexibility index (Phi) is 4.59. The van der Waals surface area contributed by atoms with E-state index in [0.29, 0.717) is 37.1 Å². The van der Waals surface area contributed by atoms with Crippen LogP contribution in [0.3, 0.4) is 0 Å². The fourth-order valence-electron chi connectivity index (χ4n) is 3.23. The van der Waals surface area contributed by atoms with Gasteiger partial charge < -0.3 is 9.42 Å². The van der Waals surface area contributed by atoms with Crippen molar-refractivity contribution in [3.8, 4) is 10.8 Å². The molecule has 1 aliphatic heterocycles. The Bertz CT molecular complexity index is 884. The summed E-state index contributed by atoms with van der Waals surface area (Å²) in [5.41, 5.74) is 2.46. The molecule has 134 valence electrons. The van der Waals surface area contributed by atoms with Gasteiger partial charge in [-0.15, -0.1) is 11.3 Å².